The third-order valence-electron chi connectivity index (χ3n) is 3.38. The summed E-state index contributed by atoms with van der Waals surface area (Å²) in [5.41, 5.74) is 1.74. The molecule has 2 aromatic heterocycles. The summed E-state index contributed by atoms with van der Waals surface area (Å²) >= 11 is 6.04. The molecule has 0 amide bonds. The average Bonchev–Trinajstić information content (AvgIpc) is 2.94. The fourth-order valence-electron chi connectivity index (χ4n) is 2.24. The van der Waals surface area contributed by atoms with Gasteiger partial charge < -0.3 is 14.8 Å². The van der Waals surface area contributed by atoms with Gasteiger partial charge in [0.1, 0.15) is 17.0 Å². The average molecular weight is 319 g/mol. The van der Waals surface area contributed by atoms with E-state index in [4.69, 9.17) is 21.3 Å². The number of nitrogens with zero attached hydrogens (tertiary/aromatic N) is 3. The smallest absolute Gasteiger partial charge is 0.154 e. The second-order valence-electron chi connectivity index (χ2n) is 4.63. The van der Waals surface area contributed by atoms with Crippen molar-refractivity contribution in [3.8, 4) is 11.5 Å². The number of benzene rings is 1. The summed E-state index contributed by atoms with van der Waals surface area (Å²) in [6.07, 6.45) is 3.41. The molecule has 0 aliphatic carbocycles. The van der Waals surface area contributed by atoms with Crippen LogP contribution in [0, 0.1) is 0 Å². The van der Waals surface area contributed by atoms with E-state index in [2.05, 4.69) is 15.4 Å². The molecule has 0 unspecified atom stereocenters. The van der Waals surface area contributed by atoms with Crippen LogP contribution in [0.4, 0.5) is 5.82 Å². The van der Waals surface area contributed by atoms with Crippen LogP contribution in [0.3, 0.4) is 0 Å². The molecule has 7 heteroatoms. The first kappa shape index (κ1) is 14.5. The predicted octanol–water partition coefficient (Wildman–Crippen LogP) is 3.06. The number of ether oxygens (including phenoxy) is 2. The minimum absolute atomic E-state index is 0.543. The van der Waals surface area contributed by atoms with Crippen LogP contribution < -0.4 is 14.8 Å². The molecule has 0 bridgehead atoms. The summed E-state index contributed by atoms with van der Waals surface area (Å²) in [7, 11) is 3.25. The summed E-state index contributed by atoms with van der Waals surface area (Å²) in [6.45, 7) is 0.543. The van der Waals surface area contributed by atoms with Gasteiger partial charge in [0.05, 0.1) is 20.4 Å². The molecular weight excluding hydrogens is 304 g/mol. The lowest BCUT2D eigenvalue weighted by Gasteiger charge is -2.12. The molecule has 0 atom stereocenters. The van der Waals surface area contributed by atoms with Crippen LogP contribution in [0.5, 0.6) is 11.5 Å². The highest BCUT2D eigenvalue weighted by Crippen LogP contribution is 2.27. The maximum Gasteiger partial charge on any atom is 0.154 e. The molecule has 3 aromatic rings. The van der Waals surface area contributed by atoms with Gasteiger partial charge in [-0.2, -0.15) is 9.30 Å². The van der Waals surface area contributed by atoms with Crippen molar-refractivity contribution in [2.24, 2.45) is 0 Å². The first-order valence-corrected chi connectivity index (χ1v) is 7.00. The van der Waals surface area contributed by atoms with E-state index in [1.165, 1.54) is 4.20 Å². The van der Waals surface area contributed by atoms with E-state index in [0.29, 0.717) is 12.4 Å². The predicted molar refractivity (Wildman–Crippen MR) is 85.7 cm³/mol. The number of fused-ring (bicyclic) bond motifs is 1. The number of rotatable bonds is 5. The molecular formula is C15H15ClN4O2. The second kappa shape index (κ2) is 6.11. The Morgan fingerprint density at radius 2 is 2.09 bits per heavy atom. The Hall–Kier alpha value is -2.47. The maximum atomic E-state index is 6.04. The van der Waals surface area contributed by atoms with E-state index in [1.807, 2.05) is 24.3 Å². The van der Waals surface area contributed by atoms with Crippen molar-refractivity contribution in [3.05, 3.63) is 42.2 Å². The fourth-order valence-corrected chi connectivity index (χ4v) is 2.47. The van der Waals surface area contributed by atoms with Gasteiger partial charge in [0.15, 0.2) is 5.82 Å². The zero-order valence-corrected chi connectivity index (χ0v) is 13.0. The number of methoxy groups -OCH3 is 2. The number of halogens is 1. The van der Waals surface area contributed by atoms with Crippen molar-refractivity contribution < 1.29 is 9.47 Å². The van der Waals surface area contributed by atoms with Gasteiger partial charge in [-0.3, -0.25) is 0 Å². The van der Waals surface area contributed by atoms with Crippen molar-refractivity contribution in [2.75, 3.05) is 19.5 Å². The number of hydrogen-bond acceptors (Lipinski definition) is 5. The Kier molecular flexibility index (Phi) is 4.02. The number of pyridine rings is 1. The van der Waals surface area contributed by atoms with E-state index in [0.717, 1.165) is 28.0 Å². The van der Waals surface area contributed by atoms with Gasteiger partial charge in [0.2, 0.25) is 0 Å². The van der Waals surface area contributed by atoms with Gasteiger partial charge in [0.25, 0.3) is 0 Å². The van der Waals surface area contributed by atoms with Crippen LogP contribution in [0.2, 0.25) is 0 Å². The zero-order chi connectivity index (χ0) is 15.5. The van der Waals surface area contributed by atoms with Crippen molar-refractivity contribution in [2.45, 2.75) is 6.54 Å². The summed E-state index contributed by atoms with van der Waals surface area (Å²) < 4.78 is 11.9. The number of nitrogens with one attached hydrogen (secondary N) is 1. The van der Waals surface area contributed by atoms with E-state index in [9.17, 15) is 0 Å². The molecule has 1 aromatic carbocycles. The Morgan fingerprint density at radius 1 is 1.23 bits per heavy atom. The van der Waals surface area contributed by atoms with Crippen molar-refractivity contribution in [3.63, 3.8) is 0 Å². The largest absolute Gasteiger partial charge is 0.497 e. The summed E-state index contributed by atoms with van der Waals surface area (Å²) in [6, 6.07) is 7.54. The van der Waals surface area contributed by atoms with Crippen molar-refractivity contribution in [1.29, 1.82) is 0 Å². The monoisotopic (exact) mass is 318 g/mol. The highest BCUT2D eigenvalue weighted by atomic mass is 35.5. The molecule has 0 aliphatic heterocycles. The minimum Gasteiger partial charge on any atom is -0.497 e. The van der Waals surface area contributed by atoms with Gasteiger partial charge in [-0.15, -0.1) is 0 Å². The highest BCUT2D eigenvalue weighted by Gasteiger charge is 2.10. The van der Waals surface area contributed by atoms with Gasteiger partial charge in [-0.25, -0.2) is 4.98 Å². The zero-order valence-electron chi connectivity index (χ0n) is 12.2. The minimum atomic E-state index is 0.543. The van der Waals surface area contributed by atoms with Crippen molar-refractivity contribution in [1.82, 2.24) is 14.3 Å². The quantitative estimate of drug-likeness (QED) is 0.783. The Morgan fingerprint density at radius 3 is 2.86 bits per heavy atom. The summed E-state index contributed by atoms with van der Waals surface area (Å²) in [5.74, 6) is 2.17. The van der Waals surface area contributed by atoms with Crippen LogP contribution in [-0.2, 0) is 6.54 Å². The molecule has 0 fully saturated rings. The van der Waals surface area contributed by atoms with Crippen LogP contribution in [0.15, 0.2) is 36.7 Å². The molecule has 1 N–H and O–H groups in total. The SMILES string of the molecule is COc1ccc(CNc2nccc3cnn(Cl)c23)c(OC)c1. The molecule has 2 heterocycles. The van der Waals surface area contributed by atoms with Gasteiger partial charge >= 0.3 is 0 Å². The molecule has 0 spiro atoms. The first-order chi connectivity index (χ1) is 10.7. The Balaban J connectivity index is 1.87. The lowest BCUT2D eigenvalue weighted by molar-refractivity contribution is 0.391. The third-order valence-corrected chi connectivity index (χ3v) is 3.64. The van der Waals surface area contributed by atoms with Crippen LogP contribution in [-0.4, -0.2) is 28.5 Å². The molecule has 0 saturated carbocycles. The highest BCUT2D eigenvalue weighted by molar-refractivity contribution is 6.19. The third kappa shape index (κ3) is 2.65. The standard InChI is InChI=1S/C15H15ClN4O2/c1-21-12-4-3-10(13(7-12)22-2)8-18-15-14-11(5-6-17-15)9-19-20(14)16/h3-7,9H,8H2,1-2H3,(H,17,18). The molecule has 6 nitrogen and oxygen atoms in total. The fraction of sp³-hybridized carbons (Fsp3) is 0.200. The van der Waals surface area contributed by atoms with Crippen LogP contribution in [0.25, 0.3) is 10.9 Å². The number of aromatic nitrogens is 3. The van der Waals surface area contributed by atoms with E-state index in [1.54, 1.807) is 26.6 Å². The maximum absolute atomic E-state index is 6.04. The van der Waals surface area contributed by atoms with E-state index >= 15 is 0 Å². The number of hydrogen-bond donors (Lipinski definition) is 1. The summed E-state index contributed by atoms with van der Waals surface area (Å²) in [5, 5.41) is 8.22. The normalized spacial score (nSPS) is 10.7. The Labute approximate surface area is 132 Å². The lowest BCUT2D eigenvalue weighted by atomic mass is 10.2. The molecule has 0 saturated heterocycles. The molecule has 0 aliphatic rings. The van der Waals surface area contributed by atoms with Gasteiger partial charge in [-0.1, -0.05) is 0 Å². The van der Waals surface area contributed by atoms with Gasteiger partial charge in [0, 0.05) is 41.5 Å². The van der Waals surface area contributed by atoms with E-state index in [-0.39, 0.29) is 0 Å². The second-order valence-corrected chi connectivity index (χ2v) is 4.95. The molecule has 114 valence electrons. The summed E-state index contributed by atoms with van der Waals surface area (Å²) in [4.78, 5) is 4.32. The molecule has 22 heavy (non-hydrogen) atoms. The van der Waals surface area contributed by atoms with Gasteiger partial charge in [-0.05, 0) is 18.2 Å². The molecule has 0 radical (unpaired) electrons. The molecule has 3 rings (SSSR count). The van der Waals surface area contributed by atoms with Crippen molar-refractivity contribution >= 4 is 28.5 Å². The number of anilines is 1. The first-order valence-electron chi connectivity index (χ1n) is 6.66. The topological polar surface area (TPSA) is 61.2 Å². The van der Waals surface area contributed by atoms with Crippen LogP contribution in [0.1, 0.15) is 5.56 Å². The Bertz CT molecular complexity index is 803. The van der Waals surface area contributed by atoms with Crippen LogP contribution >= 0.6 is 11.8 Å². The van der Waals surface area contributed by atoms with E-state index < -0.39 is 0 Å². The lowest BCUT2D eigenvalue weighted by Crippen LogP contribution is -2.04.